The Morgan fingerprint density at radius 3 is 2.38 bits per heavy atom. The summed E-state index contributed by atoms with van der Waals surface area (Å²) in [6.07, 6.45) is 2.09. The van der Waals surface area contributed by atoms with E-state index in [1.165, 1.54) is 13.0 Å². The van der Waals surface area contributed by atoms with Crippen molar-refractivity contribution in [2.75, 3.05) is 11.5 Å². The van der Waals surface area contributed by atoms with Gasteiger partial charge in [-0.25, -0.2) is 4.79 Å². The predicted octanol–water partition coefficient (Wildman–Crippen LogP) is 2.32. The summed E-state index contributed by atoms with van der Waals surface area (Å²) in [6, 6.07) is 12.0. The molecule has 1 unspecified atom stereocenters. The number of hydrogen-bond acceptors (Lipinski definition) is 6. The third-order valence-electron chi connectivity index (χ3n) is 3.02. The molecular formula is C18H20N2O4. The second kappa shape index (κ2) is 8.03. The molecule has 0 aliphatic heterocycles. The number of nitrogens with two attached hydrogens (primary N) is 2. The topological polar surface area (TPSA) is 108 Å². The lowest BCUT2D eigenvalue weighted by molar-refractivity contribution is -0.138. The average molecular weight is 328 g/mol. The van der Waals surface area contributed by atoms with E-state index in [1.54, 1.807) is 48.5 Å². The van der Waals surface area contributed by atoms with Gasteiger partial charge in [0.2, 0.25) is 0 Å². The normalized spacial score (nSPS) is 12.1. The van der Waals surface area contributed by atoms with Crippen LogP contribution in [0.2, 0.25) is 0 Å². The van der Waals surface area contributed by atoms with Gasteiger partial charge in [-0.2, -0.15) is 0 Å². The maximum atomic E-state index is 11.7. The van der Waals surface area contributed by atoms with Crippen LogP contribution in [0.5, 0.6) is 5.75 Å². The molecule has 0 saturated carbocycles. The molecule has 6 nitrogen and oxygen atoms in total. The number of benzene rings is 2. The van der Waals surface area contributed by atoms with E-state index in [9.17, 15) is 4.79 Å². The van der Waals surface area contributed by atoms with Gasteiger partial charge in [0, 0.05) is 17.5 Å². The fourth-order valence-corrected chi connectivity index (χ4v) is 2.05. The lowest BCUT2D eigenvalue weighted by Gasteiger charge is -2.08. The second-order valence-corrected chi connectivity index (χ2v) is 5.24. The minimum atomic E-state index is -0.873. The average Bonchev–Trinajstić information content (AvgIpc) is 2.51. The van der Waals surface area contributed by atoms with Crippen LogP contribution >= 0.6 is 0 Å². The SMILES string of the molecule is CC(O)Oc1ccc(/C=C/C(=O)OCc2cc(N)cc(N)c2)cc1. The van der Waals surface area contributed by atoms with E-state index < -0.39 is 12.3 Å². The largest absolute Gasteiger partial charge is 0.465 e. The Hall–Kier alpha value is -2.99. The first kappa shape index (κ1) is 17.4. The Morgan fingerprint density at radius 1 is 1.17 bits per heavy atom. The van der Waals surface area contributed by atoms with E-state index in [-0.39, 0.29) is 6.61 Å². The number of esters is 1. The van der Waals surface area contributed by atoms with Crippen molar-refractivity contribution in [3.8, 4) is 5.75 Å². The molecule has 24 heavy (non-hydrogen) atoms. The quantitative estimate of drug-likeness (QED) is 0.325. The number of aliphatic hydroxyl groups excluding tert-OH is 1. The van der Waals surface area contributed by atoms with Crippen molar-refractivity contribution in [2.45, 2.75) is 19.8 Å². The standard InChI is InChI=1S/C18H20N2O4/c1-12(21)24-17-5-2-13(3-6-17)4-7-18(22)23-11-14-8-15(19)10-16(20)9-14/h2-10,12,21H,11,19-20H2,1H3/b7-4+. The van der Waals surface area contributed by atoms with Gasteiger partial charge in [-0.1, -0.05) is 12.1 Å². The van der Waals surface area contributed by atoms with E-state index in [4.69, 9.17) is 26.0 Å². The number of carbonyl (C=O) groups excluding carboxylic acids is 1. The van der Waals surface area contributed by atoms with Crippen LogP contribution in [0.25, 0.3) is 6.08 Å². The zero-order valence-electron chi connectivity index (χ0n) is 13.3. The summed E-state index contributed by atoms with van der Waals surface area (Å²) in [5, 5.41) is 9.13. The van der Waals surface area contributed by atoms with E-state index >= 15 is 0 Å². The van der Waals surface area contributed by atoms with Crippen LogP contribution in [0.4, 0.5) is 11.4 Å². The van der Waals surface area contributed by atoms with Crippen molar-refractivity contribution in [1.29, 1.82) is 0 Å². The molecule has 2 rings (SSSR count). The van der Waals surface area contributed by atoms with Crippen molar-refractivity contribution >= 4 is 23.4 Å². The van der Waals surface area contributed by atoms with Crippen LogP contribution in [0.3, 0.4) is 0 Å². The number of hydrogen-bond donors (Lipinski definition) is 3. The minimum absolute atomic E-state index is 0.0968. The summed E-state index contributed by atoms with van der Waals surface area (Å²) < 4.78 is 10.3. The molecule has 6 heteroatoms. The van der Waals surface area contributed by atoms with Crippen molar-refractivity contribution in [3.63, 3.8) is 0 Å². The highest BCUT2D eigenvalue weighted by Crippen LogP contribution is 2.16. The highest BCUT2D eigenvalue weighted by molar-refractivity contribution is 5.87. The smallest absolute Gasteiger partial charge is 0.331 e. The van der Waals surface area contributed by atoms with Crippen molar-refractivity contribution in [1.82, 2.24) is 0 Å². The Morgan fingerprint density at radius 2 is 1.79 bits per heavy atom. The molecule has 0 spiro atoms. The number of anilines is 2. The Balaban J connectivity index is 1.88. The van der Waals surface area contributed by atoms with Crippen LogP contribution in [-0.4, -0.2) is 17.4 Å². The first-order valence-electron chi connectivity index (χ1n) is 7.37. The van der Waals surface area contributed by atoms with Gasteiger partial charge in [-0.05, 0) is 54.5 Å². The van der Waals surface area contributed by atoms with Gasteiger partial charge in [-0.3, -0.25) is 0 Å². The van der Waals surface area contributed by atoms with Crippen molar-refractivity contribution < 1.29 is 19.4 Å². The molecular weight excluding hydrogens is 308 g/mol. The van der Waals surface area contributed by atoms with Crippen LogP contribution in [0.1, 0.15) is 18.1 Å². The minimum Gasteiger partial charge on any atom is -0.465 e. The van der Waals surface area contributed by atoms with E-state index in [0.29, 0.717) is 17.1 Å². The molecule has 0 aliphatic rings. The predicted molar refractivity (Wildman–Crippen MR) is 92.8 cm³/mol. The van der Waals surface area contributed by atoms with Gasteiger partial charge in [0.05, 0.1) is 0 Å². The molecule has 2 aromatic carbocycles. The highest BCUT2D eigenvalue weighted by atomic mass is 16.6. The molecule has 1 atom stereocenters. The molecule has 0 saturated heterocycles. The number of ether oxygens (including phenoxy) is 2. The third kappa shape index (κ3) is 5.66. The van der Waals surface area contributed by atoms with Crippen molar-refractivity contribution in [2.24, 2.45) is 0 Å². The van der Waals surface area contributed by atoms with Gasteiger partial charge in [0.15, 0.2) is 6.29 Å². The molecule has 0 aromatic heterocycles. The molecule has 0 aliphatic carbocycles. The molecule has 5 N–H and O–H groups in total. The van der Waals surface area contributed by atoms with Crippen LogP contribution in [-0.2, 0) is 16.1 Å². The molecule has 0 heterocycles. The molecule has 2 aromatic rings. The van der Waals surface area contributed by atoms with Crippen LogP contribution in [0, 0.1) is 0 Å². The lowest BCUT2D eigenvalue weighted by Crippen LogP contribution is -2.09. The van der Waals surface area contributed by atoms with Crippen LogP contribution in [0.15, 0.2) is 48.5 Å². The summed E-state index contributed by atoms with van der Waals surface area (Å²) >= 11 is 0. The molecule has 0 bridgehead atoms. The molecule has 0 amide bonds. The van der Waals surface area contributed by atoms with Gasteiger partial charge in [0.1, 0.15) is 12.4 Å². The summed E-state index contributed by atoms with van der Waals surface area (Å²) in [5.41, 5.74) is 13.9. The maximum Gasteiger partial charge on any atom is 0.331 e. The number of rotatable bonds is 6. The van der Waals surface area contributed by atoms with Gasteiger partial charge >= 0.3 is 5.97 Å². The monoisotopic (exact) mass is 328 g/mol. The fraction of sp³-hybridized carbons (Fsp3) is 0.167. The number of nitrogen functional groups attached to an aromatic ring is 2. The van der Waals surface area contributed by atoms with Crippen molar-refractivity contribution in [3.05, 3.63) is 59.7 Å². The lowest BCUT2D eigenvalue weighted by atomic mass is 10.2. The Kier molecular flexibility index (Phi) is 5.81. The first-order valence-corrected chi connectivity index (χ1v) is 7.37. The van der Waals surface area contributed by atoms with Gasteiger partial charge in [0.25, 0.3) is 0 Å². The van der Waals surface area contributed by atoms with Crippen LogP contribution < -0.4 is 16.2 Å². The molecule has 126 valence electrons. The molecule has 0 fully saturated rings. The van der Waals surface area contributed by atoms with E-state index in [0.717, 1.165) is 11.1 Å². The maximum absolute atomic E-state index is 11.7. The second-order valence-electron chi connectivity index (χ2n) is 5.24. The summed E-state index contributed by atoms with van der Waals surface area (Å²) in [6.45, 7) is 1.62. The summed E-state index contributed by atoms with van der Waals surface area (Å²) in [5.74, 6) is 0.0734. The molecule has 0 radical (unpaired) electrons. The van der Waals surface area contributed by atoms with Gasteiger partial charge < -0.3 is 26.0 Å². The first-order chi connectivity index (χ1) is 11.4. The third-order valence-corrected chi connectivity index (χ3v) is 3.02. The van der Waals surface area contributed by atoms with E-state index in [2.05, 4.69) is 0 Å². The Bertz CT molecular complexity index is 704. The number of aliphatic hydroxyl groups is 1. The summed E-state index contributed by atoms with van der Waals surface area (Å²) in [4.78, 5) is 11.7. The zero-order valence-corrected chi connectivity index (χ0v) is 13.3. The van der Waals surface area contributed by atoms with Gasteiger partial charge in [-0.15, -0.1) is 0 Å². The highest BCUT2D eigenvalue weighted by Gasteiger charge is 2.02. The number of carbonyl (C=O) groups is 1. The fourth-order valence-electron chi connectivity index (χ4n) is 2.05. The Labute approximate surface area is 140 Å². The summed E-state index contributed by atoms with van der Waals surface area (Å²) in [7, 11) is 0. The zero-order chi connectivity index (χ0) is 17.5. The van der Waals surface area contributed by atoms with E-state index in [1.807, 2.05) is 0 Å².